The lowest BCUT2D eigenvalue weighted by molar-refractivity contribution is -0.485. The van der Waals surface area contributed by atoms with E-state index in [-0.39, 0.29) is 5.69 Å². The Morgan fingerprint density at radius 1 is 1.20 bits per heavy atom. The highest BCUT2D eigenvalue weighted by atomic mass is 16.7. The fourth-order valence-corrected chi connectivity index (χ4v) is 2.11. The predicted molar refractivity (Wildman–Crippen MR) is 89.6 cm³/mol. The first kappa shape index (κ1) is 17.6. The van der Waals surface area contributed by atoms with Crippen LogP contribution in [-0.4, -0.2) is 22.1 Å². The Bertz CT molecular complexity index is 886. The third-order valence-corrected chi connectivity index (χ3v) is 3.41. The molecule has 0 radical (unpaired) electrons. The van der Waals surface area contributed by atoms with Crippen LogP contribution >= 0.6 is 0 Å². The van der Waals surface area contributed by atoms with E-state index in [4.69, 9.17) is 10.2 Å². The first-order valence-corrected chi connectivity index (χ1v) is 6.92. The second-order valence-electron chi connectivity index (χ2n) is 4.93. The summed E-state index contributed by atoms with van der Waals surface area (Å²) < 4.78 is 5.60. The van der Waals surface area contributed by atoms with E-state index >= 15 is 0 Å². The van der Waals surface area contributed by atoms with Gasteiger partial charge in [-0.1, -0.05) is 0 Å². The maximum atomic E-state index is 11.0. The van der Waals surface area contributed by atoms with E-state index < -0.39 is 15.9 Å². The molecule has 0 saturated heterocycles. The summed E-state index contributed by atoms with van der Waals surface area (Å²) in [5, 5.41) is 26.6. The molecule has 0 fully saturated rings. The zero-order valence-electron chi connectivity index (χ0n) is 13.3. The van der Waals surface area contributed by atoms with Crippen LogP contribution in [0.15, 0.2) is 38.9 Å². The first-order chi connectivity index (χ1) is 11.8. The fraction of sp³-hybridized carbons (Fsp3) is 0.143. The summed E-state index contributed by atoms with van der Waals surface area (Å²) in [6.45, 7) is 3.44. The Hall–Kier alpha value is -3.76. The topological polar surface area (TPSA) is 162 Å². The van der Waals surface area contributed by atoms with Crippen LogP contribution in [0, 0.1) is 34.1 Å². The van der Waals surface area contributed by atoms with Crippen LogP contribution in [0.3, 0.4) is 0 Å². The number of furan rings is 1. The Morgan fingerprint density at radius 2 is 1.92 bits per heavy atom. The van der Waals surface area contributed by atoms with Crippen molar-refractivity contribution >= 4 is 17.9 Å². The van der Waals surface area contributed by atoms with Crippen LogP contribution in [0.25, 0.3) is 11.3 Å². The lowest BCUT2D eigenvalue weighted by Gasteiger charge is -2.06. The smallest absolute Gasteiger partial charge is 0.286 e. The van der Waals surface area contributed by atoms with E-state index in [2.05, 4.69) is 15.6 Å². The van der Waals surface area contributed by atoms with Gasteiger partial charge in [-0.15, -0.1) is 0 Å². The molecule has 25 heavy (non-hydrogen) atoms. The number of nitrogens with zero attached hydrogens (tertiary/aromatic N) is 4. The highest BCUT2D eigenvalue weighted by Crippen LogP contribution is 2.31. The van der Waals surface area contributed by atoms with Crippen molar-refractivity contribution in [1.82, 2.24) is 5.43 Å². The van der Waals surface area contributed by atoms with E-state index in [0.29, 0.717) is 22.6 Å². The second-order valence-corrected chi connectivity index (χ2v) is 4.93. The number of hydrazone groups is 2. The summed E-state index contributed by atoms with van der Waals surface area (Å²) in [6, 6.07) is 6.34. The van der Waals surface area contributed by atoms with Gasteiger partial charge in [-0.2, -0.15) is 5.10 Å². The van der Waals surface area contributed by atoms with Crippen LogP contribution in [0.2, 0.25) is 0 Å². The number of nitrogens with two attached hydrogens (primary N) is 1. The van der Waals surface area contributed by atoms with Gasteiger partial charge in [0.15, 0.2) is 5.03 Å². The van der Waals surface area contributed by atoms with Crippen molar-refractivity contribution in [3.63, 3.8) is 0 Å². The molecule has 11 heteroatoms. The van der Waals surface area contributed by atoms with Crippen LogP contribution in [0.5, 0.6) is 0 Å². The van der Waals surface area contributed by atoms with Gasteiger partial charge in [0.25, 0.3) is 11.6 Å². The molecule has 0 aliphatic heterocycles. The zero-order chi connectivity index (χ0) is 18.6. The number of nitro benzene ring substituents is 1. The molecule has 2 aromatic rings. The Balaban J connectivity index is 2.21. The summed E-state index contributed by atoms with van der Waals surface area (Å²) in [5.41, 5.74) is 9.42. The molecule has 0 aliphatic rings. The number of guanidine groups is 1. The van der Waals surface area contributed by atoms with Crippen LogP contribution in [-0.2, 0) is 0 Å². The monoisotopic (exact) mass is 346 g/mol. The van der Waals surface area contributed by atoms with Gasteiger partial charge < -0.3 is 10.2 Å². The van der Waals surface area contributed by atoms with Gasteiger partial charge in [-0.05, 0) is 37.6 Å². The third kappa shape index (κ3) is 4.16. The Morgan fingerprint density at radius 3 is 2.56 bits per heavy atom. The second kappa shape index (κ2) is 7.21. The minimum absolute atomic E-state index is 0.0411. The minimum atomic E-state index is -0.956. The number of nitrogens with one attached hydrogen (secondary N) is 1. The van der Waals surface area contributed by atoms with Crippen molar-refractivity contribution < 1.29 is 14.4 Å². The summed E-state index contributed by atoms with van der Waals surface area (Å²) in [4.78, 5) is 20.6. The molecule has 0 atom stereocenters. The van der Waals surface area contributed by atoms with Gasteiger partial charge in [-0.3, -0.25) is 10.1 Å². The molecule has 1 aromatic carbocycles. The van der Waals surface area contributed by atoms with Gasteiger partial charge in [-0.25, -0.2) is 15.5 Å². The van der Waals surface area contributed by atoms with E-state index in [9.17, 15) is 20.2 Å². The van der Waals surface area contributed by atoms with Crippen molar-refractivity contribution in [3.05, 3.63) is 61.4 Å². The lowest BCUT2D eigenvalue weighted by atomic mass is 10.00. The van der Waals surface area contributed by atoms with Crippen LogP contribution in [0.1, 0.15) is 16.9 Å². The molecule has 0 aliphatic carbocycles. The summed E-state index contributed by atoms with van der Waals surface area (Å²) in [6.07, 6.45) is 1.26. The molecular formula is C14H14N6O5. The molecule has 130 valence electrons. The zero-order valence-corrected chi connectivity index (χ0v) is 13.3. The highest BCUT2D eigenvalue weighted by molar-refractivity contribution is 5.81. The molecule has 0 unspecified atom stereocenters. The fourth-order valence-electron chi connectivity index (χ4n) is 2.11. The molecule has 0 amide bonds. The SMILES string of the molecule is Cc1c(-c2ccc(/C=N/N/C(N)=N\[N+](=O)[O-])o2)ccc([N+](=O)[O-])c1C. The molecule has 0 saturated carbocycles. The maximum absolute atomic E-state index is 11.0. The first-order valence-electron chi connectivity index (χ1n) is 6.92. The molecular weight excluding hydrogens is 332 g/mol. The standard InChI is InChI=1S/C14H14N6O5/c1-8-9(2)12(19(21)22)5-4-11(8)13-6-3-10(25-13)7-16-17-14(15)18-20(23)24/h3-7H,1-2H3,(H3,15,17,18)/b16-7+. The van der Waals surface area contributed by atoms with Crippen molar-refractivity contribution in [1.29, 1.82) is 0 Å². The number of benzene rings is 1. The quantitative estimate of drug-likeness (QED) is 0.361. The van der Waals surface area contributed by atoms with Gasteiger partial charge in [0.2, 0.25) is 0 Å². The highest BCUT2D eigenvalue weighted by Gasteiger charge is 2.17. The van der Waals surface area contributed by atoms with Crippen molar-refractivity contribution in [2.24, 2.45) is 15.9 Å². The minimum Gasteiger partial charge on any atom is -0.455 e. The summed E-state index contributed by atoms with van der Waals surface area (Å²) in [7, 11) is 0. The molecule has 1 heterocycles. The van der Waals surface area contributed by atoms with Gasteiger partial charge in [0.05, 0.1) is 11.1 Å². The average Bonchev–Trinajstić information content (AvgIpc) is 2.97. The molecule has 0 spiro atoms. The molecule has 0 bridgehead atoms. The van der Waals surface area contributed by atoms with Gasteiger partial charge in [0, 0.05) is 17.2 Å². The lowest BCUT2D eigenvalue weighted by Crippen LogP contribution is -2.28. The predicted octanol–water partition coefficient (Wildman–Crippen LogP) is 1.90. The number of hydrogen-bond acceptors (Lipinski definition) is 6. The Kier molecular flexibility index (Phi) is 5.07. The van der Waals surface area contributed by atoms with Crippen LogP contribution < -0.4 is 11.2 Å². The number of hydrogen-bond donors (Lipinski definition) is 2. The average molecular weight is 346 g/mol. The Labute approximate surface area is 141 Å². The normalized spacial score (nSPS) is 11.7. The molecule has 1 aromatic heterocycles. The molecule has 2 rings (SSSR count). The number of rotatable bonds is 5. The van der Waals surface area contributed by atoms with Crippen molar-refractivity contribution in [2.45, 2.75) is 13.8 Å². The van der Waals surface area contributed by atoms with E-state index in [1.54, 1.807) is 32.0 Å². The molecule has 11 nitrogen and oxygen atoms in total. The van der Waals surface area contributed by atoms with E-state index in [1.165, 1.54) is 12.3 Å². The summed E-state index contributed by atoms with van der Waals surface area (Å²) >= 11 is 0. The van der Waals surface area contributed by atoms with Gasteiger partial charge >= 0.3 is 0 Å². The maximum Gasteiger partial charge on any atom is 0.286 e. The van der Waals surface area contributed by atoms with E-state index in [0.717, 1.165) is 5.56 Å². The van der Waals surface area contributed by atoms with Crippen molar-refractivity contribution in [3.8, 4) is 11.3 Å². The van der Waals surface area contributed by atoms with Crippen LogP contribution in [0.4, 0.5) is 5.69 Å². The molecule has 3 N–H and O–H groups in total. The van der Waals surface area contributed by atoms with Crippen molar-refractivity contribution in [2.75, 3.05) is 0 Å². The number of nitro groups is 2. The van der Waals surface area contributed by atoms with E-state index in [1.807, 2.05) is 0 Å². The summed E-state index contributed by atoms with van der Waals surface area (Å²) in [5.74, 6) is 0.380. The largest absolute Gasteiger partial charge is 0.455 e. The van der Waals surface area contributed by atoms with Gasteiger partial charge in [0.1, 0.15) is 16.6 Å². The third-order valence-electron chi connectivity index (χ3n) is 3.41.